The van der Waals surface area contributed by atoms with Crippen molar-refractivity contribution in [3.05, 3.63) is 64.2 Å². The summed E-state index contributed by atoms with van der Waals surface area (Å²) in [6.45, 7) is 9.69. The van der Waals surface area contributed by atoms with Gasteiger partial charge in [0.1, 0.15) is 11.8 Å². The summed E-state index contributed by atoms with van der Waals surface area (Å²) in [6.07, 6.45) is 0.812. The van der Waals surface area contributed by atoms with E-state index < -0.39 is 6.04 Å². The summed E-state index contributed by atoms with van der Waals surface area (Å²) in [6, 6.07) is 12.5. The highest BCUT2D eigenvalue weighted by Crippen LogP contribution is 2.20. The highest BCUT2D eigenvalue weighted by molar-refractivity contribution is 6.31. The fourth-order valence-corrected chi connectivity index (χ4v) is 3.30. The average Bonchev–Trinajstić information content (AvgIpc) is 2.70. The third-order valence-electron chi connectivity index (χ3n) is 5.02. The normalized spacial score (nSPS) is 12.7. The first kappa shape index (κ1) is 23.7. The Kier molecular flexibility index (Phi) is 8.72. The van der Waals surface area contributed by atoms with Crippen molar-refractivity contribution in [2.45, 2.75) is 59.7 Å². The van der Waals surface area contributed by atoms with Crippen molar-refractivity contribution in [1.29, 1.82) is 0 Å². The first-order chi connectivity index (χ1) is 14.2. The van der Waals surface area contributed by atoms with Crippen LogP contribution < -0.4 is 10.1 Å². The van der Waals surface area contributed by atoms with E-state index in [1.54, 1.807) is 13.0 Å². The number of nitrogens with one attached hydrogen (secondary N) is 1. The van der Waals surface area contributed by atoms with Gasteiger partial charge in [0.15, 0.2) is 6.61 Å². The van der Waals surface area contributed by atoms with Gasteiger partial charge in [0.05, 0.1) is 0 Å². The zero-order valence-electron chi connectivity index (χ0n) is 18.4. The number of benzene rings is 2. The highest BCUT2D eigenvalue weighted by atomic mass is 35.5. The minimum absolute atomic E-state index is 0.0312. The third-order valence-corrected chi connectivity index (χ3v) is 5.39. The minimum Gasteiger partial charge on any atom is -0.484 e. The van der Waals surface area contributed by atoms with Crippen LogP contribution in [0, 0.1) is 13.8 Å². The summed E-state index contributed by atoms with van der Waals surface area (Å²) in [4.78, 5) is 27.3. The van der Waals surface area contributed by atoms with Crippen LogP contribution in [0.5, 0.6) is 5.75 Å². The molecule has 0 aromatic heterocycles. The number of hydrogen-bond acceptors (Lipinski definition) is 3. The van der Waals surface area contributed by atoms with Crippen LogP contribution >= 0.6 is 11.6 Å². The van der Waals surface area contributed by atoms with Crippen LogP contribution in [0.4, 0.5) is 0 Å². The number of nitrogens with zero attached hydrogens (tertiary/aromatic N) is 1. The molecule has 0 aliphatic carbocycles. The van der Waals surface area contributed by atoms with Gasteiger partial charge in [0.25, 0.3) is 5.91 Å². The molecule has 30 heavy (non-hydrogen) atoms. The zero-order chi connectivity index (χ0) is 22.3. The van der Waals surface area contributed by atoms with Crippen molar-refractivity contribution in [1.82, 2.24) is 10.2 Å². The smallest absolute Gasteiger partial charge is 0.261 e. The molecule has 2 rings (SSSR count). The minimum atomic E-state index is -0.661. The lowest BCUT2D eigenvalue weighted by Gasteiger charge is -2.30. The number of halogens is 1. The third kappa shape index (κ3) is 6.77. The van der Waals surface area contributed by atoms with Crippen LogP contribution in [0.15, 0.2) is 42.5 Å². The van der Waals surface area contributed by atoms with Crippen molar-refractivity contribution in [3.8, 4) is 5.75 Å². The van der Waals surface area contributed by atoms with Gasteiger partial charge in [0.2, 0.25) is 5.91 Å². The molecule has 0 saturated heterocycles. The van der Waals surface area contributed by atoms with Gasteiger partial charge in [-0.1, -0.05) is 42.8 Å². The molecule has 2 aromatic rings. The van der Waals surface area contributed by atoms with Crippen molar-refractivity contribution < 1.29 is 14.3 Å². The van der Waals surface area contributed by atoms with Crippen LogP contribution in [0.2, 0.25) is 5.02 Å². The van der Waals surface area contributed by atoms with E-state index in [4.69, 9.17) is 16.3 Å². The molecule has 0 aliphatic heterocycles. The molecular formula is C24H31ClN2O3. The Morgan fingerprint density at radius 3 is 2.33 bits per heavy atom. The number of rotatable bonds is 9. The standard InChI is InChI=1S/C24H31ClN2O3/c1-6-18(4)26-24(29)19(5)27(14-20-9-7-8-10-22(20)25)23(28)15-30-21-12-16(2)11-17(3)13-21/h7-13,18-19H,6,14-15H2,1-5H3,(H,26,29)/t18-,19-/m1/s1. The van der Waals surface area contributed by atoms with E-state index in [1.807, 2.05) is 64.1 Å². The van der Waals surface area contributed by atoms with Gasteiger partial charge < -0.3 is 15.0 Å². The molecule has 0 fully saturated rings. The maximum Gasteiger partial charge on any atom is 0.261 e. The second-order valence-electron chi connectivity index (χ2n) is 7.72. The van der Waals surface area contributed by atoms with Crippen LogP contribution in [0.25, 0.3) is 0 Å². The summed E-state index contributed by atoms with van der Waals surface area (Å²) >= 11 is 6.30. The molecule has 2 amide bonds. The second kappa shape index (κ2) is 11.0. The number of amides is 2. The largest absolute Gasteiger partial charge is 0.484 e. The molecule has 0 unspecified atom stereocenters. The fraction of sp³-hybridized carbons (Fsp3) is 0.417. The lowest BCUT2D eigenvalue weighted by atomic mass is 10.1. The van der Waals surface area contributed by atoms with Gasteiger partial charge in [-0.3, -0.25) is 9.59 Å². The molecule has 2 atom stereocenters. The molecule has 0 aliphatic rings. The van der Waals surface area contributed by atoms with Gasteiger partial charge in [0, 0.05) is 17.6 Å². The maximum atomic E-state index is 13.1. The Morgan fingerprint density at radius 2 is 1.73 bits per heavy atom. The van der Waals surface area contributed by atoms with E-state index in [0.29, 0.717) is 10.8 Å². The Bertz CT molecular complexity index is 864. The van der Waals surface area contributed by atoms with E-state index in [1.165, 1.54) is 4.90 Å². The molecule has 5 nitrogen and oxygen atoms in total. The molecular weight excluding hydrogens is 400 g/mol. The Morgan fingerprint density at radius 1 is 1.10 bits per heavy atom. The van der Waals surface area contributed by atoms with E-state index in [2.05, 4.69) is 5.32 Å². The monoisotopic (exact) mass is 430 g/mol. The fourth-order valence-electron chi connectivity index (χ4n) is 3.10. The van der Waals surface area contributed by atoms with Crippen LogP contribution in [-0.4, -0.2) is 35.4 Å². The lowest BCUT2D eigenvalue weighted by molar-refractivity contribution is -0.142. The van der Waals surface area contributed by atoms with E-state index in [9.17, 15) is 9.59 Å². The summed E-state index contributed by atoms with van der Waals surface area (Å²) in [5.41, 5.74) is 2.90. The summed E-state index contributed by atoms with van der Waals surface area (Å²) < 4.78 is 5.75. The predicted molar refractivity (Wildman–Crippen MR) is 121 cm³/mol. The molecule has 0 saturated carbocycles. The topological polar surface area (TPSA) is 58.6 Å². The second-order valence-corrected chi connectivity index (χ2v) is 8.13. The molecule has 2 aromatic carbocycles. The number of carbonyl (C=O) groups excluding carboxylic acids is 2. The summed E-state index contributed by atoms with van der Waals surface area (Å²) in [5.74, 6) is 0.160. The number of carbonyl (C=O) groups is 2. The predicted octanol–water partition coefficient (Wildman–Crippen LogP) is 4.67. The maximum absolute atomic E-state index is 13.1. The highest BCUT2D eigenvalue weighted by Gasteiger charge is 2.27. The molecule has 0 heterocycles. The molecule has 0 radical (unpaired) electrons. The lowest BCUT2D eigenvalue weighted by Crippen LogP contribution is -2.50. The summed E-state index contributed by atoms with van der Waals surface area (Å²) in [5, 5.41) is 3.50. The zero-order valence-corrected chi connectivity index (χ0v) is 19.1. The van der Waals surface area contributed by atoms with Crippen LogP contribution in [0.3, 0.4) is 0 Å². The van der Waals surface area contributed by atoms with Gasteiger partial charge in [-0.15, -0.1) is 0 Å². The van der Waals surface area contributed by atoms with Crippen LogP contribution in [0.1, 0.15) is 43.9 Å². The van der Waals surface area contributed by atoms with Gasteiger partial charge in [-0.25, -0.2) is 0 Å². The quantitative estimate of drug-likeness (QED) is 0.629. The van der Waals surface area contributed by atoms with Gasteiger partial charge >= 0.3 is 0 Å². The summed E-state index contributed by atoms with van der Waals surface area (Å²) in [7, 11) is 0. The van der Waals surface area contributed by atoms with Gasteiger partial charge in [-0.2, -0.15) is 0 Å². The first-order valence-corrected chi connectivity index (χ1v) is 10.6. The molecule has 0 bridgehead atoms. The Hall–Kier alpha value is -2.53. The molecule has 0 spiro atoms. The SMILES string of the molecule is CC[C@@H](C)NC(=O)[C@@H](C)N(Cc1ccccc1Cl)C(=O)COc1cc(C)cc(C)c1. The van der Waals surface area contributed by atoms with Crippen molar-refractivity contribution in [3.63, 3.8) is 0 Å². The van der Waals surface area contributed by atoms with E-state index in [0.717, 1.165) is 23.1 Å². The Balaban J connectivity index is 2.19. The van der Waals surface area contributed by atoms with E-state index in [-0.39, 0.29) is 31.0 Å². The van der Waals surface area contributed by atoms with E-state index >= 15 is 0 Å². The number of hydrogen-bond donors (Lipinski definition) is 1. The first-order valence-electron chi connectivity index (χ1n) is 10.3. The van der Waals surface area contributed by atoms with Crippen LogP contribution in [-0.2, 0) is 16.1 Å². The van der Waals surface area contributed by atoms with Crippen molar-refractivity contribution in [2.75, 3.05) is 6.61 Å². The Labute approximate surface area is 184 Å². The van der Waals surface area contributed by atoms with Crippen molar-refractivity contribution in [2.24, 2.45) is 0 Å². The number of aryl methyl sites for hydroxylation is 2. The molecule has 162 valence electrons. The van der Waals surface area contributed by atoms with Gasteiger partial charge in [-0.05, 0) is 69.0 Å². The van der Waals surface area contributed by atoms with Crippen molar-refractivity contribution >= 4 is 23.4 Å². The molecule has 6 heteroatoms. The number of ether oxygens (including phenoxy) is 1. The molecule has 1 N–H and O–H groups in total. The average molecular weight is 431 g/mol.